The van der Waals surface area contributed by atoms with Crippen molar-refractivity contribution >= 4 is 6.41 Å². The number of hydrogen-bond acceptors (Lipinski definition) is 2. The largest absolute Gasteiger partial charge is 0.380 e. The van der Waals surface area contributed by atoms with Crippen LogP contribution in [0.4, 0.5) is 0 Å². The first-order valence-electron chi connectivity index (χ1n) is 5.48. The molecule has 1 aliphatic rings. The van der Waals surface area contributed by atoms with Gasteiger partial charge in [0, 0.05) is 20.2 Å². The Morgan fingerprint density at radius 2 is 2.00 bits per heavy atom. The van der Waals surface area contributed by atoms with Crippen LogP contribution in [-0.4, -0.2) is 31.5 Å². The van der Waals surface area contributed by atoms with Crippen LogP contribution in [0.15, 0.2) is 30.3 Å². The summed E-state index contributed by atoms with van der Waals surface area (Å²) in [6.45, 7) is 4.77. The maximum atomic E-state index is 9.86. The number of rotatable bonds is 3. The number of likely N-dealkylation sites (tertiary alicyclic amines) is 1. The average molecular weight is 221 g/mol. The van der Waals surface area contributed by atoms with Crippen LogP contribution in [0.25, 0.3) is 0 Å². The van der Waals surface area contributed by atoms with E-state index in [-0.39, 0.29) is 0 Å². The summed E-state index contributed by atoms with van der Waals surface area (Å²) in [6.07, 6.45) is 0.903. The van der Waals surface area contributed by atoms with E-state index in [0.29, 0.717) is 6.61 Å². The molecule has 0 aromatic heterocycles. The third-order valence-electron chi connectivity index (χ3n) is 2.40. The number of carbonyl (C=O) groups is 1. The van der Waals surface area contributed by atoms with Gasteiger partial charge in [0.05, 0.1) is 6.61 Å². The minimum Gasteiger partial charge on any atom is -0.380 e. The fourth-order valence-corrected chi connectivity index (χ4v) is 1.57. The fraction of sp³-hybridized carbons (Fsp3) is 0.462. The molecule has 0 saturated carbocycles. The molecule has 0 N–H and O–H groups in total. The van der Waals surface area contributed by atoms with E-state index in [1.54, 1.807) is 12.0 Å². The minimum absolute atomic E-state index is 0.709. The van der Waals surface area contributed by atoms with Crippen LogP contribution in [0.1, 0.15) is 12.5 Å². The highest BCUT2D eigenvalue weighted by molar-refractivity contribution is 5.48. The summed E-state index contributed by atoms with van der Waals surface area (Å²) >= 11 is 0. The van der Waals surface area contributed by atoms with E-state index in [1.165, 1.54) is 5.56 Å². The lowest BCUT2D eigenvalue weighted by Gasteiger charge is -2.33. The molecule has 1 fully saturated rings. The first-order chi connectivity index (χ1) is 7.76. The molecule has 0 spiro atoms. The van der Waals surface area contributed by atoms with Gasteiger partial charge in [0.15, 0.2) is 0 Å². The molecule has 0 aliphatic carbocycles. The van der Waals surface area contributed by atoms with Crippen molar-refractivity contribution in [3.8, 4) is 0 Å². The van der Waals surface area contributed by atoms with Gasteiger partial charge in [-0.3, -0.25) is 4.79 Å². The van der Waals surface area contributed by atoms with Crippen LogP contribution in [0, 0.1) is 5.92 Å². The summed E-state index contributed by atoms with van der Waals surface area (Å²) in [5.41, 5.74) is 1.22. The molecule has 1 aromatic rings. The van der Waals surface area contributed by atoms with E-state index < -0.39 is 0 Å². The van der Waals surface area contributed by atoms with Gasteiger partial charge in [-0.25, -0.2) is 0 Å². The minimum atomic E-state index is 0.709. The van der Waals surface area contributed by atoms with Gasteiger partial charge in [-0.1, -0.05) is 37.3 Å². The van der Waals surface area contributed by atoms with E-state index in [2.05, 4.69) is 6.92 Å². The Balaban J connectivity index is 0.000000165. The molecule has 0 unspecified atom stereocenters. The van der Waals surface area contributed by atoms with Crippen LogP contribution in [0.3, 0.4) is 0 Å². The Bertz CT molecular complexity index is 294. The molecule has 1 aromatic carbocycles. The number of nitrogens with zero attached hydrogens (tertiary/aromatic N) is 1. The van der Waals surface area contributed by atoms with Crippen molar-refractivity contribution < 1.29 is 9.53 Å². The molecule has 16 heavy (non-hydrogen) atoms. The predicted molar refractivity (Wildman–Crippen MR) is 64.0 cm³/mol. The third-order valence-corrected chi connectivity index (χ3v) is 2.40. The second-order valence-electron chi connectivity index (χ2n) is 4.08. The molecule has 1 heterocycles. The van der Waals surface area contributed by atoms with Gasteiger partial charge < -0.3 is 9.64 Å². The zero-order valence-electron chi connectivity index (χ0n) is 9.93. The van der Waals surface area contributed by atoms with Crippen molar-refractivity contribution in [2.24, 2.45) is 5.92 Å². The molecule has 1 amide bonds. The van der Waals surface area contributed by atoms with Crippen molar-refractivity contribution in [3.05, 3.63) is 35.9 Å². The Morgan fingerprint density at radius 1 is 1.38 bits per heavy atom. The number of hydrogen-bond donors (Lipinski definition) is 0. The summed E-state index contributed by atoms with van der Waals surface area (Å²) in [4.78, 5) is 11.6. The lowest BCUT2D eigenvalue weighted by molar-refractivity contribution is -0.123. The number of amides is 1. The molecule has 3 heteroatoms. The van der Waals surface area contributed by atoms with Crippen LogP contribution >= 0.6 is 0 Å². The van der Waals surface area contributed by atoms with Crippen molar-refractivity contribution in [1.82, 2.24) is 4.90 Å². The van der Waals surface area contributed by atoms with E-state index in [4.69, 9.17) is 4.74 Å². The van der Waals surface area contributed by atoms with Crippen molar-refractivity contribution in [2.45, 2.75) is 13.5 Å². The lowest BCUT2D eigenvalue weighted by atomic mass is 10.1. The molecule has 88 valence electrons. The van der Waals surface area contributed by atoms with Gasteiger partial charge in [-0.15, -0.1) is 0 Å². The van der Waals surface area contributed by atoms with Gasteiger partial charge in [0.1, 0.15) is 0 Å². The Labute approximate surface area is 97.0 Å². The summed E-state index contributed by atoms with van der Waals surface area (Å²) in [6, 6.07) is 10.1. The number of benzene rings is 1. The Kier molecular flexibility index (Phi) is 5.57. The monoisotopic (exact) mass is 221 g/mol. The fourth-order valence-electron chi connectivity index (χ4n) is 1.57. The summed E-state index contributed by atoms with van der Waals surface area (Å²) in [7, 11) is 1.70. The van der Waals surface area contributed by atoms with Crippen LogP contribution in [-0.2, 0) is 16.1 Å². The second kappa shape index (κ2) is 7.01. The van der Waals surface area contributed by atoms with Crippen LogP contribution in [0.5, 0.6) is 0 Å². The lowest BCUT2D eigenvalue weighted by Crippen LogP contribution is -2.43. The molecule has 2 rings (SSSR count). The topological polar surface area (TPSA) is 29.5 Å². The zero-order chi connectivity index (χ0) is 11.8. The number of methoxy groups -OCH3 is 1. The highest BCUT2D eigenvalue weighted by atomic mass is 16.5. The first-order valence-corrected chi connectivity index (χ1v) is 5.48. The van der Waals surface area contributed by atoms with Gasteiger partial charge in [0.2, 0.25) is 6.41 Å². The van der Waals surface area contributed by atoms with Crippen molar-refractivity contribution in [2.75, 3.05) is 20.2 Å². The van der Waals surface area contributed by atoms with Gasteiger partial charge in [0.25, 0.3) is 0 Å². The molecule has 1 aliphatic heterocycles. The average Bonchev–Trinajstić information content (AvgIpc) is 2.28. The highest BCUT2D eigenvalue weighted by Gasteiger charge is 2.19. The van der Waals surface area contributed by atoms with Gasteiger partial charge in [-0.2, -0.15) is 0 Å². The first kappa shape index (κ1) is 12.7. The maximum Gasteiger partial charge on any atom is 0.209 e. The SMILES string of the molecule is CC1CN(C=O)C1.COCc1ccccc1. The molecule has 0 atom stereocenters. The molecular weight excluding hydrogens is 202 g/mol. The second-order valence-corrected chi connectivity index (χ2v) is 4.08. The van der Waals surface area contributed by atoms with Crippen molar-refractivity contribution in [1.29, 1.82) is 0 Å². The summed E-state index contributed by atoms with van der Waals surface area (Å²) < 4.78 is 4.93. The van der Waals surface area contributed by atoms with Crippen LogP contribution < -0.4 is 0 Å². The summed E-state index contributed by atoms with van der Waals surface area (Å²) in [5, 5.41) is 0. The summed E-state index contributed by atoms with van der Waals surface area (Å²) in [5.74, 6) is 0.741. The zero-order valence-corrected chi connectivity index (χ0v) is 9.93. The Hall–Kier alpha value is -1.35. The molecule has 3 nitrogen and oxygen atoms in total. The van der Waals surface area contributed by atoms with Crippen molar-refractivity contribution in [3.63, 3.8) is 0 Å². The normalized spacial score (nSPS) is 14.8. The van der Waals surface area contributed by atoms with Gasteiger partial charge in [-0.05, 0) is 11.5 Å². The molecule has 0 bridgehead atoms. The van der Waals surface area contributed by atoms with E-state index in [1.807, 2.05) is 30.3 Å². The molecule has 1 saturated heterocycles. The quantitative estimate of drug-likeness (QED) is 0.730. The van der Waals surface area contributed by atoms with E-state index in [9.17, 15) is 4.79 Å². The Morgan fingerprint density at radius 3 is 2.38 bits per heavy atom. The standard InChI is InChI=1S/C8H10O.C5H9NO/c1-9-7-8-5-3-2-4-6-8;1-5-2-6(3-5)4-7/h2-6H,7H2,1H3;4-5H,2-3H2,1H3. The smallest absolute Gasteiger partial charge is 0.209 e. The van der Waals surface area contributed by atoms with E-state index >= 15 is 0 Å². The highest BCUT2D eigenvalue weighted by Crippen LogP contribution is 2.09. The predicted octanol–water partition coefficient (Wildman–Crippen LogP) is 1.93. The number of ether oxygens (including phenoxy) is 1. The van der Waals surface area contributed by atoms with E-state index in [0.717, 1.165) is 25.4 Å². The molecule has 0 radical (unpaired) electrons. The van der Waals surface area contributed by atoms with Crippen LogP contribution in [0.2, 0.25) is 0 Å². The molecular formula is C13H19NO2. The number of carbonyl (C=O) groups excluding carboxylic acids is 1. The van der Waals surface area contributed by atoms with Gasteiger partial charge >= 0.3 is 0 Å². The third kappa shape index (κ3) is 4.45. The maximum absolute atomic E-state index is 9.86.